The van der Waals surface area contributed by atoms with Crippen molar-refractivity contribution >= 4 is 6.16 Å². The number of aliphatic hydroxyl groups is 1. The smallest absolute Gasteiger partial charge is 0.426 e. The average molecular weight is 159 g/mol. The minimum atomic E-state index is -1.55. The SMILES string of the molecule is [O]C(=O)OC1CCCCC1O. The van der Waals surface area contributed by atoms with Gasteiger partial charge in [-0.05, 0) is 19.3 Å². The van der Waals surface area contributed by atoms with E-state index in [-0.39, 0.29) is 0 Å². The lowest BCUT2D eigenvalue weighted by Crippen LogP contribution is -2.33. The van der Waals surface area contributed by atoms with Crippen molar-refractivity contribution in [3.8, 4) is 0 Å². The summed E-state index contributed by atoms with van der Waals surface area (Å²) in [6.45, 7) is 0. The highest BCUT2D eigenvalue weighted by Gasteiger charge is 2.26. The predicted octanol–water partition coefficient (Wildman–Crippen LogP) is 0.857. The minimum absolute atomic E-state index is 0.561. The van der Waals surface area contributed by atoms with Gasteiger partial charge < -0.3 is 9.84 Å². The Morgan fingerprint density at radius 1 is 1.36 bits per heavy atom. The molecule has 1 rings (SSSR count). The summed E-state index contributed by atoms with van der Waals surface area (Å²) >= 11 is 0. The molecule has 1 aliphatic rings. The van der Waals surface area contributed by atoms with E-state index in [4.69, 9.17) is 0 Å². The summed E-state index contributed by atoms with van der Waals surface area (Å²) in [5.41, 5.74) is 0. The highest BCUT2D eigenvalue weighted by molar-refractivity contribution is 5.56. The van der Waals surface area contributed by atoms with Crippen molar-refractivity contribution in [1.29, 1.82) is 0 Å². The number of hydrogen-bond acceptors (Lipinski definition) is 3. The zero-order valence-electron chi connectivity index (χ0n) is 6.16. The lowest BCUT2D eigenvalue weighted by molar-refractivity contribution is -0.0468. The van der Waals surface area contributed by atoms with E-state index in [9.17, 15) is 15.0 Å². The van der Waals surface area contributed by atoms with Gasteiger partial charge in [-0.15, -0.1) is 0 Å². The zero-order valence-corrected chi connectivity index (χ0v) is 6.16. The van der Waals surface area contributed by atoms with Crippen LogP contribution in [0.2, 0.25) is 0 Å². The molecule has 4 heteroatoms. The highest BCUT2D eigenvalue weighted by Crippen LogP contribution is 2.20. The number of rotatable bonds is 1. The fourth-order valence-corrected chi connectivity index (χ4v) is 1.34. The van der Waals surface area contributed by atoms with Crippen molar-refractivity contribution < 1.29 is 19.7 Å². The Labute approximate surface area is 64.8 Å². The standard InChI is InChI=1S/C7H11O4/c8-5-3-1-2-4-6(5)11-7(9)10/h5-6,8H,1-4H2. The molecule has 0 heterocycles. The van der Waals surface area contributed by atoms with E-state index in [1.165, 1.54) is 0 Å². The van der Waals surface area contributed by atoms with Crippen LogP contribution in [0.5, 0.6) is 0 Å². The molecule has 2 atom stereocenters. The number of aliphatic hydroxyl groups excluding tert-OH is 1. The van der Waals surface area contributed by atoms with Gasteiger partial charge in [0.1, 0.15) is 6.10 Å². The molecule has 1 saturated carbocycles. The second kappa shape index (κ2) is 3.57. The molecule has 63 valence electrons. The molecule has 11 heavy (non-hydrogen) atoms. The molecule has 1 N–H and O–H groups in total. The molecule has 0 aromatic rings. The van der Waals surface area contributed by atoms with Gasteiger partial charge in [-0.1, -0.05) is 6.42 Å². The first-order valence-corrected chi connectivity index (χ1v) is 3.76. The van der Waals surface area contributed by atoms with Crippen molar-refractivity contribution in [2.75, 3.05) is 0 Å². The third-order valence-corrected chi connectivity index (χ3v) is 1.92. The Hall–Kier alpha value is -0.770. The van der Waals surface area contributed by atoms with Gasteiger partial charge in [0.2, 0.25) is 0 Å². The maximum atomic E-state index is 9.97. The maximum absolute atomic E-state index is 9.97. The van der Waals surface area contributed by atoms with E-state index in [0.29, 0.717) is 12.8 Å². The molecule has 1 aliphatic carbocycles. The van der Waals surface area contributed by atoms with Crippen LogP contribution in [0, 0.1) is 0 Å². The molecule has 0 aromatic carbocycles. The monoisotopic (exact) mass is 159 g/mol. The first kappa shape index (κ1) is 8.33. The molecule has 0 aromatic heterocycles. The Kier molecular flexibility index (Phi) is 2.70. The van der Waals surface area contributed by atoms with Gasteiger partial charge in [-0.25, -0.2) is 0 Å². The van der Waals surface area contributed by atoms with E-state index in [1.54, 1.807) is 0 Å². The third kappa shape index (κ3) is 2.38. The minimum Gasteiger partial charge on any atom is -0.426 e. The molecule has 4 nitrogen and oxygen atoms in total. The van der Waals surface area contributed by atoms with Gasteiger partial charge in [0, 0.05) is 0 Å². The van der Waals surface area contributed by atoms with Crippen LogP contribution < -0.4 is 0 Å². The van der Waals surface area contributed by atoms with Crippen molar-refractivity contribution in [3.05, 3.63) is 0 Å². The summed E-state index contributed by atoms with van der Waals surface area (Å²) in [6.07, 6.45) is 0.335. The largest absolute Gasteiger partial charge is 0.550 e. The summed E-state index contributed by atoms with van der Waals surface area (Å²) in [5, 5.41) is 19.2. The zero-order chi connectivity index (χ0) is 8.27. The third-order valence-electron chi connectivity index (χ3n) is 1.92. The van der Waals surface area contributed by atoms with Crippen molar-refractivity contribution in [1.82, 2.24) is 0 Å². The number of ether oxygens (including phenoxy) is 1. The Morgan fingerprint density at radius 3 is 2.55 bits per heavy atom. The van der Waals surface area contributed by atoms with Crippen molar-refractivity contribution in [2.45, 2.75) is 37.9 Å². The lowest BCUT2D eigenvalue weighted by atomic mass is 9.95. The maximum Gasteiger partial charge on any atom is 0.550 e. The molecule has 2 unspecified atom stereocenters. The van der Waals surface area contributed by atoms with Gasteiger partial charge >= 0.3 is 6.16 Å². The molecular weight excluding hydrogens is 148 g/mol. The van der Waals surface area contributed by atoms with Gasteiger partial charge in [0.05, 0.1) is 6.10 Å². The Morgan fingerprint density at radius 2 is 2.00 bits per heavy atom. The fourth-order valence-electron chi connectivity index (χ4n) is 1.34. The van der Waals surface area contributed by atoms with Crippen LogP contribution in [0.25, 0.3) is 0 Å². The number of hydrogen-bond donors (Lipinski definition) is 1. The van der Waals surface area contributed by atoms with Crippen LogP contribution in [0.1, 0.15) is 25.7 Å². The molecule has 1 fully saturated rings. The van der Waals surface area contributed by atoms with Gasteiger partial charge in [-0.3, -0.25) is 0 Å². The molecule has 0 saturated heterocycles. The fraction of sp³-hybridized carbons (Fsp3) is 0.857. The van der Waals surface area contributed by atoms with Crippen LogP contribution in [-0.4, -0.2) is 23.5 Å². The van der Waals surface area contributed by atoms with Crippen LogP contribution >= 0.6 is 0 Å². The normalized spacial score (nSPS) is 31.4. The molecule has 0 spiro atoms. The summed E-state index contributed by atoms with van der Waals surface area (Å²) in [7, 11) is 0. The van der Waals surface area contributed by atoms with Gasteiger partial charge in [0.15, 0.2) is 0 Å². The summed E-state index contributed by atoms with van der Waals surface area (Å²) in [4.78, 5) is 9.97. The highest BCUT2D eigenvalue weighted by atomic mass is 16.7. The summed E-state index contributed by atoms with van der Waals surface area (Å²) in [5.74, 6) is 0. The molecular formula is C7H11O4. The van der Waals surface area contributed by atoms with Crippen molar-refractivity contribution in [3.63, 3.8) is 0 Å². The molecule has 1 radical (unpaired) electrons. The summed E-state index contributed by atoms with van der Waals surface area (Å²) < 4.78 is 4.36. The van der Waals surface area contributed by atoms with E-state index in [1.807, 2.05) is 0 Å². The Balaban J connectivity index is 2.35. The second-order valence-electron chi connectivity index (χ2n) is 2.76. The first-order valence-electron chi connectivity index (χ1n) is 3.76. The molecule has 0 amide bonds. The van der Waals surface area contributed by atoms with Crippen LogP contribution in [0.3, 0.4) is 0 Å². The van der Waals surface area contributed by atoms with Crippen LogP contribution in [-0.2, 0) is 9.84 Å². The lowest BCUT2D eigenvalue weighted by Gasteiger charge is -2.25. The quantitative estimate of drug-likeness (QED) is 0.577. The van der Waals surface area contributed by atoms with E-state index >= 15 is 0 Å². The van der Waals surface area contributed by atoms with E-state index in [0.717, 1.165) is 12.8 Å². The molecule has 0 bridgehead atoms. The topological polar surface area (TPSA) is 66.4 Å². The number of carbonyl (C=O) groups excluding carboxylic acids is 1. The first-order chi connectivity index (χ1) is 5.20. The summed E-state index contributed by atoms with van der Waals surface area (Å²) in [6, 6.07) is 0. The van der Waals surface area contributed by atoms with Gasteiger partial charge in [-0.2, -0.15) is 9.90 Å². The van der Waals surface area contributed by atoms with E-state index in [2.05, 4.69) is 4.74 Å². The second-order valence-corrected chi connectivity index (χ2v) is 2.76. The molecule has 0 aliphatic heterocycles. The van der Waals surface area contributed by atoms with Crippen LogP contribution in [0.4, 0.5) is 4.79 Å². The van der Waals surface area contributed by atoms with Gasteiger partial charge in [0.25, 0.3) is 0 Å². The average Bonchev–Trinajstić information content (AvgIpc) is 1.93. The number of carbonyl (C=O) groups is 1. The predicted molar refractivity (Wildman–Crippen MR) is 35.4 cm³/mol. The van der Waals surface area contributed by atoms with E-state index < -0.39 is 18.4 Å². The Bertz CT molecular complexity index is 145. The van der Waals surface area contributed by atoms with Crippen molar-refractivity contribution in [2.24, 2.45) is 0 Å². The van der Waals surface area contributed by atoms with Crippen LogP contribution in [0.15, 0.2) is 0 Å².